The van der Waals surface area contributed by atoms with Crippen molar-refractivity contribution in [1.29, 1.82) is 0 Å². The lowest BCUT2D eigenvalue weighted by molar-refractivity contribution is 0.0696. The Morgan fingerprint density at radius 3 is 2.82 bits per heavy atom. The first kappa shape index (κ1) is 13.7. The van der Waals surface area contributed by atoms with Crippen LogP contribution in [0.4, 0.5) is 0 Å². The van der Waals surface area contributed by atoms with Gasteiger partial charge in [-0.3, -0.25) is 0 Å². The van der Waals surface area contributed by atoms with Crippen LogP contribution >= 0.6 is 0 Å². The topological polar surface area (TPSA) is 46.5 Å². The molecule has 0 aliphatic carbocycles. The van der Waals surface area contributed by atoms with Crippen molar-refractivity contribution in [2.24, 2.45) is 0 Å². The first-order valence-corrected chi connectivity index (χ1v) is 6.14. The van der Waals surface area contributed by atoms with Gasteiger partial charge in [0.2, 0.25) is 0 Å². The number of rotatable bonds is 8. The normalized spacial score (nSPS) is 10.4. The first-order valence-electron chi connectivity index (χ1n) is 6.14. The van der Waals surface area contributed by atoms with Gasteiger partial charge in [0.25, 0.3) is 0 Å². The molecule has 0 heterocycles. The second-order valence-electron chi connectivity index (χ2n) is 4.12. The summed E-state index contributed by atoms with van der Waals surface area (Å²) in [6.45, 7) is 3.42. The van der Waals surface area contributed by atoms with E-state index in [0.29, 0.717) is 12.2 Å². The highest BCUT2D eigenvalue weighted by molar-refractivity contribution is 5.87. The van der Waals surface area contributed by atoms with Crippen molar-refractivity contribution in [2.45, 2.75) is 39.2 Å². The molecule has 3 nitrogen and oxygen atoms in total. The van der Waals surface area contributed by atoms with E-state index in [0.717, 1.165) is 18.6 Å². The lowest BCUT2D eigenvalue weighted by Gasteiger charge is -2.05. The lowest BCUT2D eigenvalue weighted by atomic mass is 10.1. The molecule has 1 rings (SSSR count). The largest absolute Gasteiger partial charge is 0.478 e. The third kappa shape index (κ3) is 5.50. The molecule has 0 aromatic heterocycles. The molecule has 3 heteroatoms. The van der Waals surface area contributed by atoms with Crippen LogP contribution in [0.2, 0.25) is 0 Å². The minimum Gasteiger partial charge on any atom is -0.478 e. The fourth-order valence-corrected chi connectivity index (χ4v) is 1.62. The number of hydrogen-bond donors (Lipinski definition) is 1. The monoisotopic (exact) mass is 236 g/mol. The van der Waals surface area contributed by atoms with Crippen molar-refractivity contribution in [3.63, 3.8) is 0 Å². The number of aromatic carboxylic acids is 1. The Morgan fingerprint density at radius 2 is 2.12 bits per heavy atom. The molecule has 0 radical (unpaired) electrons. The summed E-state index contributed by atoms with van der Waals surface area (Å²) in [7, 11) is 0. The lowest BCUT2D eigenvalue weighted by Crippen LogP contribution is -1.99. The molecule has 94 valence electrons. The van der Waals surface area contributed by atoms with Crippen LogP contribution in [0.1, 0.15) is 48.5 Å². The predicted octanol–water partition coefficient (Wildman–Crippen LogP) is 3.48. The van der Waals surface area contributed by atoms with Crippen molar-refractivity contribution in [1.82, 2.24) is 0 Å². The van der Waals surface area contributed by atoms with Gasteiger partial charge in [-0.25, -0.2) is 4.79 Å². The van der Waals surface area contributed by atoms with Gasteiger partial charge < -0.3 is 9.84 Å². The highest BCUT2D eigenvalue weighted by Crippen LogP contribution is 2.07. The Kier molecular flexibility index (Phi) is 6.33. The maximum Gasteiger partial charge on any atom is 0.335 e. The molecular weight excluding hydrogens is 216 g/mol. The van der Waals surface area contributed by atoms with E-state index in [2.05, 4.69) is 6.92 Å². The second kappa shape index (κ2) is 7.85. The Balaban J connectivity index is 2.27. The molecule has 0 aliphatic rings. The number of carboxylic acids is 1. The van der Waals surface area contributed by atoms with Gasteiger partial charge >= 0.3 is 5.97 Å². The summed E-state index contributed by atoms with van der Waals surface area (Å²) in [5.41, 5.74) is 1.23. The summed E-state index contributed by atoms with van der Waals surface area (Å²) in [4.78, 5) is 10.8. The quantitative estimate of drug-likeness (QED) is 0.703. The first-order chi connectivity index (χ1) is 8.24. The second-order valence-corrected chi connectivity index (χ2v) is 4.12. The average Bonchev–Trinajstić information content (AvgIpc) is 2.34. The van der Waals surface area contributed by atoms with E-state index in [1.165, 1.54) is 19.3 Å². The van der Waals surface area contributed by atoms with E-state index in [4.69, 9.17) is 9.84 Å². The van der Waals surface area contributed by atoms with E-state index in [9.17, 15) is 4.79 Å². The zero-order valence-electron chi connectivity index (χ0n) is 10.3. The van der Waals surface area contributed by atoms with Crippen LogP contribution in [-0.4, -0.2) is 17.7 Å². The molecule has 0 spiro atoms. The zero-order chi connectivity index (χ0) is 12.5. The van der Waals surface area contributed by atoms with Crippen molar-refractivity contribution >= 4 is 5.97 Å². The van der Waals surface area contributed by atoms with Gasteiger partial charge in [-0.05, 0) is 24.1 Å². The standard InChI is InChI=1S/C14H20O3/c1-2-3-4-5-9-17-11-12-7-6-8-13(10-12)14(15)16/h6-8,10H,2-5,9,11H2,1H3,(H,15,16). The Bertz CT molecular complexity index is 347. The fraction of sp³-hybridized carbons (Fsp3) is 0.500. The van der Waals surface area contributed by atoms with Crippen LogP contribution in [-0.2, 0) is 11.3 Å². The van der Waals surface area contributed by atoms with Crippen molar-refractivity contribution in [3.05, 3.63) is 35.4 Å². The molecule has 0 fully saturated rings. The number of carbonyl (C=O) groups is 1. The van der Waals surface area contributed by atoms with Crippen LogP contribution in [0.25, 0.3) is 0 Å². The summed E-state index contributed by atoms with van der Waals surface area (Å²) in [6, 6.07) is 6.89. The number of benzene rings is 1. The zero-order valence-corrected chi connectivity index (χ0v) is 10.3. The van der Waals surface area contributed by atoms with Crippen LogP contribution in [0.5, 0.6) is 0 Å². The van der Waals surface area contributed by atoms with Crippen LogP contribution in [0.3, 0.4) is 0 Å². The maximum atomic E-state index is 10.8. The molecule has 17 heavy (non-hydrogen) atoms. The predicted molar refractivity (Wildman–Crippen MR) is 67.2 cm³/mol. The molecule has 0 aliphatic heterocycles. The van der Waals surface area contributed by atoms with Crippen LogP contribution < -0.4 is 0 Å². The third-order valence-corrected chi connectivity index (χ3v) is 2.58. The number of unbranched alkanes of at least 4 members (excludes halogenated alkanes) is 3. The molecular formula is C14H20O3. The highest BCUT2D eigenvalue weighted by Gasteiger charge is 2.02. The Hall–Kier alpha value is -1.35. The molecule has 1 N–H and O–H groups in total. The van der Waals surface area contributed by atoms with Gasteiger partial charge in [0, 0.05) is 6.61 Å². The summed E-state index contributed by atoms with van der Waals surface area (Å²) in [5.74, 6) is -0.894. The molecule has 1 aromatic carbocycles. The number of carboxylic acid groups (broad SMARTS) is 1. The van der Waals surface area contributed by atoms with Gasteiger partial charge in [-0.2, -0.15) is 0 Å². The molecule has 0 amide bonds. The van der Waals surface area contributed by atoms with E-state index >= 15 is 0 Å². The third-order valence-electron chi connectivity index (χ3n) is 2.58. The van der Waals surface area contributed by atoms with Gasteiger partial charge in [0.15, 0.2) is 0 Å². The molecule has 0 unspecified atom stereocenters. The number of hydrogen-bond acceptors (Lipinski definition) is 2. The highest BCUT2D eigenvalue weighted by atomic mass is 16.5. The SMILES string of the molecule is CCCCCCOCc1cccc(C(=O)O)c1. The smallest absolute Gasteiger partial charge is 0.335 e. The minimum atomic E-state index is -0.894. The van der Waals surface area contributed by atoms with E-state index in [-0.39, 0.29) is 0 Å². The number of ether oxygens (including phenoxy) is 1. The van der Waals surface area contributed by atoms with E-state index in [1.807, 2.05) is 6.07 Å². The average molecular weight is 236 g/mol. The molecule has 0 saturated heterocycles. The molecule has 1 aromatic rings. The Labute approximate surface area is 102 Å². The summed E-state index contributed by atoms with van der Waals surface area (Å²) < 4.78 is 5.51. The van der Waals surface area contributed by atoms with Crippen molar-refractivity contribution in [3.8, 4) is 0 Å². The van der Waals surface area contributed by atoms with Gasteiger partial charge in [0.05, 0.1) is 12.2 Å². The minimum absolute atomic E-state index is 0.317. The van der Waals surface area contributed by atoms with Gasteiger partial charge in [-0.1, -0.05) is 38.3 Å². The van der Waals surface area contributed by atoms with Gasteiger partial charge in [0.1, 0.15) is 0 Å². The van der Waals surface area contributed by atoms with Crippen molar-refractivity contribution in [2.75, 3.05) is 6.61 Å². The van der Waals surface area contributed by atoms with Crippen LogP contribution in [0, 0.1) is 0 Å². The fourth-order valence-electron chi connectivity index (χ4n) is 1.62. The summed E-state index contributed by atoms with van der Waals surface area (Å²) in [6.07, 6.45) is 4.75. The Morgan fingerprint density at radius 1 is 1.29 bits per heavy atom. The molecule has 0 atom stereocenters. The van der Waals surface area contributed by atoms with Crippen molar-refractivity contribution < 1.29 is 14.6 Å². The van der Waals surface area contributed by atoms with Gasteiger partial charge in [-0.15, -0.1) is 0 Å². The van der Waals surface area contributed by atoms with Crippen LogP contribution in [0.15, 0.2) is 24.3 Å². The molecule has 0 bridgehead atoms. The maximum absolute atomic E-state index is 10.8. The summed E-state index contributed by atoms with van der Waals surface area (Å²) in [5, 5.41) is 8.84. The van der Waals surface area contributed by atoms with E-state index in [1.54, 1.807) is 18.2 Å². The summed E-state index contributed by atoms with van der Waals surface area (Å²) >= 11 is 0. The van der Waals surface area contributed by atoms with E-state index < -0.39 is 5.97 Å². The molecule has 0 saturated carbocycles.